The molecule has 132 valence electrons. The van der Waals surface area contributed by atoms with Crippen LogP contribution in [0.2, 0.25) is 0 Å². The fourth-order valence-electron chi connectivity index (χ4n) is 4.75. The lowest BCUT2D eigenvalue weighted by molar-refractivity contribution is -0.152. The number of esters is 1. The molecular weight excluding hydrogens is 350 g/mol. The van der Waals surface area contributed by atoms with E-state index in [4.69, 9.17) is 10.00 Å². The first-order valence-electron chi connectivity index (χ1n) is 9.15. The van der Waals surface area contributed by atoms with E-state index in [1.54, 1.807) is 12.1 Å². The van der Waals surface area contributed by atoms with Crippen molar-refractivity contribution in [3.8, 4) is 6.07 Å². The average molecular weight is 374 g/mol. The zero-order valence-corrected chi connectivity index (χ0v) is 15.9. The summed E-state index contributed by atoms with van der Waals surface area (Å²) in [5.74, 6) is 3.93. The number of rotatable bonds is 3. The normalized spacial score (nSPS) is 30.0. The quantitative estimate of drug-likeness (QED) is 0.725. The predicted molar refractivity (Wildman–Crippen MR) is 102 cm³/mol. The number of hydrogen-bond acceptors (Lipinski definition) is 5. The van der Waals surface area contributed by atoms with Crippen molar-refractivity contribution in [3.63, 3.8) is 0 Å². The highest BCUT2D eigenvalue weighted by molar-refractivity contribution is 8.21. The molecule has 1 spiro atoms. The fourth-order valence-corrected chi connectivity index (χ4v) is 8.69. The second-order valence-corrected chi connectivity index (χ2v) is 10.3. The Morgan fingerprint density at radius 1 is 1.16 bits per heavy atom. The van der Waals surface area contributed by atoms with Crippen LogP contribution in [-0.4, -0.2) is 21.6 Å². The molecule has 1 heterocycles. The third-order valence-electron chi connectivity index (χ3n) is 5.92. The summed E-state index contributed by atoms with van der Waals surface area (Å²) >= 11 is 4.34. The number of nitriles is 1. The molecule has 0 aromatic heterocycles. The van der Waals surface area contributed by atoms with Crippen molar-refractivity contribution in [2.24, 2.45) is 17.8 Å². The highest BCUT2D eigenvalue weighted by Crippen LogP contribution is 2.64. The molecule has 2 saturated carbocycles. The van der Waals surface area contributed by atoms with E-state index in [-0.39, 0.29) is 11.9 Å². The van der Waals surface area contributed by atoms with Crippen molar-refractivity contribution in [2.75, 3.05) is 11.5 Å². The molecule has 5 heteroatoms. The number of benzene rings is 1. The maximum atomic E-state index is 12.6. The van der Waals surface area contributed by atoms with E-state index in [1.807, 2.05) is 12.1 Å². The molecule has 0 amide bonds. The van der Waals surface area contributed by atoms with Crippen LogP contribution < -0.4 is 0 Å². The third kappa shape index (κ3) is 3.31. The second-order valence-electron chi connectivity index (χ2n) is 7.33. The second kappa shape index (κ2) is 7.25. The van der Waals surface area contributed by atoms with Gasteiger partial charge in [-0.05, 0) is 55.2 Å². The predicted octanol–water partition coefficient (Wildman–Crippen LogP) is 4.60. The van der Waals surface area contributed by atoms with E-state index < -0.39 is 0 Å². The van der Waals surface area contributed by atoms with Gasteiger partial charge in [0.15, 0.2) is 0 Å². The van der Waals surface area contributed by atoms with E-state index in [0.717, 1.165) is 18.4 Å². The summed E-state index contributed by atoms with van der Waals surface area (Å²) < 4.78 is 6.03. The van der Waals surface area contributed by atoms with Crippen LogP contribution in [-0.2, 0) is 16.1 Å². The van der Waals surface area contributed by atoms with Gasteiger partial charge in [-0.3, -0.25) is 4.79 Å². The van der Waals surface area contributed by atoms with Gasteiger partial charge in [0.1, 0.15) is 6.61 Å². The molecular formula is C20H23NO2S2. The molecule has 0 radical (unpaired) electrons. The number of thioether (sulfide) groups is 2. The first-order chi connectivity index (χ1) is 12.2. The van der Waals surface area contributed by atoms with Crippen LogP contribution >= 0.6 is 23.5 Å². The van der Waals surface area contributed by atoms with E-state index in [2.05, 4.69) is 29.6 Å². The lowest BCUT2D eigenvalue weighted by Crippen LogP contribution is -2.48. The van der Waals surface area contributed by atoms with Gasteiger partial charge in [0.2, 0.25) is 0 Å². The number of carbonyl (C=O) groups excluding carboxylic acids is 1. The molecule has 1 unspecified atom stereocenters. The fraction of sp³-hybridized carbons (Fsp3) is 0.600. The van der Waals surface area contributed by atoms with E-state index in [1.165, 1.54) is 30.8 Å². The van der Waals surface area contributed by atoms with Crippen molar-refractivity contribution >= 4 is 29.5 Å². The zero-order valence-electron chi connectivity index (χ0n) is 14.3. The molecule has 2 bridgehead atoms. The summed E-state index contributed by atoms with van der Waals surface area (Å²) in [5, 5.41) is 8.84. The van der Waals surface area contributed by atoms with E-state index in [9.17, 15) is 4.79 Å². The average Bonchev–Trinajstić information content (AvgIpc) is 3.09. The topological polar surface area (TPSA) is 50.1 Å². The minimum absolute atomic E-state index is 0.0240. The summed E-state index contributed by atoms with van der Waals surface area (Å²) in [6, 6.07) is 9.37. The van der Waals surface area contributed by atoms with Gasteiger partial charge in [0, 0.05) is 11.5 Å². The number of nitrogens with zero attached hydrogens (tertiary/aromatic N) is 1. The molecule has 1 aromatic rings. The highest BCUT2D eigenvalue weighted by Gasteiger charge is 2.55. The minimum atomic E-state index is -0.0240. The summed E-state index contributed by atoms with van der Waals surface area (Å²) in [7, 11) is 0. The Morgan fingerprint density at radius 3 is 2.40 bits per heavy atom. The highest BCUT2D eigenvalue weighted by atomic mass is 32.2. The monoisotopic (exact) mass is 373 g/mol. The summed E-state index contributed by atoms with van der Waals surface area (Å²) in [4.78, 5) is 12.6. The van der Waals surface area contributed by atoms with E-state index >= 15 is 0 Å². The lowest BCUT2D eigenvalue weighted by Gasteiger charge is -2.51. The van der Waals surface area contributed by atoms with Crippen LogP contribution in [0.3, 0.4) is 0 Å². The van der Waals surface area contributed by atoms with Gasteiger partial charge < -0.3 is 4.74 Å². The maximum Gasteiger partial charge on any atom is 0.309 e. The molecule has 4 rings (SSSR count). The molecule has 3 aliphatic rings. The van der Waals surface area contributed by atoms with Crippen LogP contribution in [0.4, 0.5) is 0 Å². The summed E-state index contributed by atoms with van der Waals surface area (Å²) in [6.07, 6.45) is 5.88. The van der Waals surface area contributed by atoms with Gasteiger partial charge >= 0.3 is 5.97 Å². The Kier molecular flexibility index (Phi) is 5.01. The van der Waals surface area contributed by atoms with Crippen molar-refractivity contribution in [1.29, 1.82) is 5.26 Å². The third-order valence-corrected chi connectivity index (χ3v) is 9.94. The van der Waals surface area contributed by atoms with E-state index in [0.29, 0.717) is 28.1 Å². The van der Waals surface area contributed by atoms with Crippen LogP contribution in [0.25, 0.3) is 0 Å². The molecule has 1 aromatic carbocycles. The smallest absolute Gasteiger partial charge is 0.309 e. The molecule has 1 aliphatic heterocycles. The van der Waals surface area contributed by atoms with Crippen LogP contribution in [0.5, 0.6) is 0 Å². The molecule has 3 atom stereocenters. The maximum absolute atomic E-state index is 12.6. The lowest BCUT2D eigenvalue weighted by atomic mass is 9.67. The van der Waals surface area contributed by atoms with Crippen molar-refractivity contribution < 1.29 is 9.53 Å². The van der Waals surface area contributed by atoms with Gasteiger partial charge in [-0.15, -0.1) is 23.5 Å². The molecule has 1 saturated heterocycles. The minimum Gasteiger partial charge on any atom is -0.461 e. The Labute approximate surface area is 157 Å². The zero-order chi connectivity index (χ0) is 17.3. The summed E-state index contributed by atoms with van der Waals surface area (Å²) in [5.41, 5.74) is 1.58. The first-order valence-corrected chi connectivity index (χ1v) is 11.1. The number of hydrogen-bond donors (Lipinski definition) is 0. The summed E-state index contributed by atoms with van der Waals surface area (Å²) in [6.45, 7) is 0.311. The standard InChI is InChI=1S/C20H23NO2S2/c21-12-14-4-6-15(7-5-14)13-23-19(22)16-10-17-2-1-3-18(11-16)20(17)24-8-9-25-20/h4-7,16-18H,1-3,8-11,13H2/t16?,17-,18+. The Hall–Kier alpha value is -1.12. The van der Waals surface area contributed by atoms with Crippen LogP contribution in [0.15, 0.2) is 24.3 Å². The van der Waals surface area contributed by atoms with Crippen molar-refractivity contribution in [2.45, 2.75) is 42.8 Å². The SMILES string of the molecule is N#Cc1ccc(COC(=O)C2C[C@H]3CCC[C@@H](C2)C32SCCS2)cc1. The van der Waals surface area contributed by atoms with Gasteiger partial charge in [-0.2, -0.15) is 5.26 Å². The van der Waals surface area contributed by atoms with Crippen LogP contribution in [0.1, 0.15) is 43.2 Å². The van der Waals surface area contributed by atoms with Crippen molar-refractivity contribution in [1.82, 2.24) is 0 Å². The van der Waals surface area contributed by atoms with Crippen LogP contribution in [0, 0.1) is 29.1 Å². The Balaban J connectivity index is 1.37. The van der Waals surface area contributed by atoms with Gasteiger partial charge in [0.25, 0.3) is 0 Å². The Morgan fingerprint density at radius 2 is 1.80 bits per heavy atom. The van der Waals surface area contributed by atoms with Crippen molar-refractivity contribution in [3.05, 3.63) is 35.4 Å². The molecule has 2 aliphatic carbocycles. The van der Waals surface area contributed by atoms with Gasteiger partial charge in [-0.1, -0.05) is 18.6 Å². The van der Waals surface area contributed by atoms with Gasteiger partial charge in [-0.25, -0.2) is 0 Å². The molecule has 25 heavy (non-hydrogen) atoms. The number of ether oxygens (including phenoxy) is 1. The van der Waals surface area contributed by atoms with Gasteiger partial charge in [0.05, 0.1) is 21.6 Å². The molecule has 0 N–H and O–H groups in total. The first kappa shape index (κ1) is 17.3. The Bertz CT molecular complexity index is 660. The molecule has 3 fully saturated rings. The largest absolute Gasteiger partial charge is 0.461 e. The number of carbonyl (C=O) groups is 1. The molecule has 3 nitrogen and oxygen atoms in total.